The molecule has 4 heteroatoms. The number of aliphatic hydroxyl groups excluding tert-OH is 1. The molecule has 0 radical (unpaired) electrons. The summed E-state index contributed by atoms with van der Waals surface area (Å²) in [5.41, 5.74) is 1.12. The molecule has 0 amide bonds. The largest absolute Gasteiger partial charge is 0.481 e. The van der Waals surface area contributed by atoms with Crippen molar-refractivity contribution in [3.63, 3.8) is 0 Å². The van der Waals surface area contributed by atoms with E-state index in [-0.39, 0.29) is 6.10 Å². The predicted molar refractivity (Wildman–Crippen MR) is 62.8 cm³/mol. The number of methoxy groups -OCH3 is 1. The summed E-state index contributed by atoms with van der Waals surface area (Å²) >= 11 is 0. The van der Waals surface area contributed by atoms with Crippen LogP contribution in [0.3, 0.4) is 0 Å². The zero-order chi connectivity index (χ0) is 11.5. The Morgan fingerprint density at radius 3 is 3.06 bits per heavy atom. The van der Waals surface area contributed by atoms with Gasteiger partial charge in [-0.3, -0.25) is 0 Å². The van der Waals surface area contributed by atoms with Gasteiger partial charge >= 0.3 is 0 Å². The van der Waals surface area contributed by atoms with Crippen molar-refractivity contribution in [3.05, 3.63) is 18.3 Å². The molecule has 4 nitrogen and oxygen atoms in total. The summed E-state index contributed by atoms with van der Waals surface area (Å²) in [6.07, 6.45) is 2.57. The Labute approximate surface area is 95.9 Å². The van der Waals surface area contributed by atoms with Gasteiger partial charge in [0, 0.05) is 37.0 Å². The zero-order valence-corrected chi connectivity index (χ0v) is 9.76. The first-order valence-electron chi connectivity index (χ1n) is 5.63. The number of aliphatic hydroxyl groups is 1. The molecule has 0 aliphatic carbocycles. The summed E-state index contributed by atoms with van der Waals surface area (Å²) < 4.78 is 5.10. The van der Waals surface area contributed by atoms with E-state index in [1.807, 2.05) is 19.1 Å². The third kappa shape index (κ3) is 2.27. The van der Waals surface area contributed by atoms with E-state index in [9.17, 15) is 5.11 Å². The van der Waals surface area contributed by atoms with Crippen LogP contribution >= 0.6 is 0 Å². The van der Waals surface area contributed by atoms with Gasteiger partial charge in [0.1, 0.15) is 0 Å². The van der Waals surface area contributed by atoms with Gasteiger partial charge in [0.25, 0.3) is 0 Å². The Kier molecular flexibility index (Phi) is 3.29. The van der Waals surface area contributed by atoms with Crippen LogP contribution in [0.15, 0.2) is 18.3 Å². The van der Waals surface area contributed by atoms with E-state index < -0.39 is 0 Å². The van der Waals surface area contributed by atoms with Crippen molar-refractivity contribution in [2.75, 3.05) is 25.1 Å². The van der Waals surface area contributed by atoms with Crippen LogP contribution in [0.4, 0.5) is 5.69 Å². The van der Waals surface area contributed by atoms with E-state index in [2.05, 4.69) is 9.88 Å². The average molecular weight is 222 g/mol. The molecule has 0 spiro atoms. The Hall–Kier alpha value is -1.29. The minimum Gasteiger partial charge on any atom is -0.481 e. The van der Waals surface area contributed by atoms with Crippen LogP contribution in [0, 0.1) is 5.92 Å². The minimum absolute atomic E-state index is 0.228. The van der Waals surface area contributed by atoms with Crippen molar-refractivity contribution < 1.29 is 9.84 Å². The molecule has 88 valence electrons. The molecule has 1 aliphatic rings. The lowest BCUT2D eigenvalue weighted by molar-refractivity contribution is 0.136. The highest BCUT2D eigenvalue weighted by atomic mass is 16.5. The van der Waals surface area contributed by atoms with Crippen molar-refractivity contribution in [2.45, 2.75) is 19.4 Å². The van der Waals surface area contributed by atoms with Gasteiger partial charge in [-0.15, -0.1) is 0 Å². The van der Waals surface area contributed by atoms with Gasteiger partial charge in [0.05, 0.1) is 13.2 Å². The molecule has 1 N–H and O–H groups in total. The maximum absolute atomic E-state index is 9.55. The lowest BCUT2D eigenvalue weighted by Crippen LogP contribution is -2.23. The van der Waals surface area contributed by atoms with Crippen molar-refractivity contribution >= 4 is 5.69 Å². The summed E-state index contributed by atoms with van der Waals surface area (Å²) in [5.74, 6) is 1.01. The molecule has 2 unspecified atom stereocenters. The van der Waals surface area contributed by atoms with Gasteiger partial charge in [-0.1, -0.05) is 0 Å². The number of nitrogens with zero attached hydrogens (tertiary/aromatic N) is 2. The molecular formula is C12H18N2O2. The van der Waals surface area contributed by atoms with Gasteiger partial charge in [0.15, 0.2) is 0 Å². The van der Waals surface area contributed by atoms with E-state index >= 15 is 0 Å². The van der Waals surface area contributed by atoms with Crippen LogP contribution in [0.5, 0.6) is 5.88 Å². The van der Waals surface area contributed by atoms with Crippen molar-refractivity contribution in [1.29, 1.82) is 0 Å². The van der Waals surface area contributed by atoms with E-state index in [1.165, 1.54) is 0 Å². The molecule has 2 rings (SSSR count). The van der Waals surface area contributed by atoms with Gasteiger partial charge in [-0.25, -0.2) is 4.98 Å². The second kappa shape index (κ2) is 4.70. The minimum atomic E-state index is -0.228. The standard InChI is InChI=1S/C12H18N2O2/c1-9(15)10-4-6-14(8-10)11-3-5-13-12(7-11)16-2/h3,5,7,9-10,15H,4,6,8H2,1-2H3. The fourth-order valence-corrected chi connectivity index (χ4v) is 2.12. The fourth-order valence-electron chi connectivity index (χ4n) is 2.12. The van der Waals surface area contributed by atoms with E-state index in [0.717, 1.165) is 25.2 Å². The summed E-state index contributed by atoms with van der Waals surface area (Å²) in [6, 6.07) is 3.91. The van der Waals surface area contributed by atoms with Gasteiger partial charge in [-0.2, -0.15) is 0 Å². The molecule has 0 aromatic carbocycles. The lowest BCUT2D eigenvalue weighted by atomic mass is 10.0. The number of aromatic nitrogens is 1. The van der Waals surface area contributed by atoms with E-state index in [0.29, 0.717) is 11.8 Å². The smallest absolute Gasteiger partial charge is 0.214 e. The van der Waals surface area contributed by atoms with E-state index in [1.54, 1.807) is 13.3 Å². The van der Waals surface area contributed by atoms with Crippen LogP contribution in [0.2, 0.25) is 0 Å². The highest BCUT2D eigenvalue weighted by Crippen LogP contribution is 2.27. The normalized spacial score (nSPS) is 22.2. The summed E-state index contributed by atoms with van der Waals surface area (Å²) in [4.78, 5) is 6.35. The van der Waals surface area contributed by atoms with Crippen molar-refractivity contribution in [2.24, 2.45) is 5.92 Å². The molecule has 1 aliphatic heterocycles. The third-order valence-corrected chi connectivity index (χ3v) is 3.20. The monoisotopic (exact) mass is 222 g/mol. The third-order valence-electron chi connectivity index (χ3n) is 3.20. The van der Waals surface area contributed by atoms with Crippen LogP contribution in [0.25, 0.3) is 0 Å². The highest BCUT2D eigenvalue weighted by Gasteiger charge is 2.26. The molecular weight excluding hydrogens is 204 g/mol. The second-order valence-corrected chi connectivity index (χ2v) is 4.29. The van der Waals surface area contributed by atoms with Crippen molar-refractivity contribution in [1.82, 2.24) is 4.98 Å². The quantitative estimate of drug-likeness (QED) is 0.837. The Bertz CT molecular complexity index is 355. The summed E-state index contributed by atoms with van der Waals surface area (Å²) in [7, 11) is 1.62. The fraction of sp³-hybridized carbons (Fsp3) is 0.583. The molecule has 0 bridgehead atoms. The van der Waals surface area contributed by atoms with Crippen LogP contribution in [-0.4, -0.2) is 36.4 Å². The molecule has 1 saturated heterocycles. The first-order valence-corrected chi connectivity index (χ1v) is 5.63. The topological polar surface area (TPSA) is 45.6 Å². The molecule has 0 saturated carbocycles. The predicted octanol–water partition coefficient (Wildman–Crippen LogP) is 1.30. The SMILES string of the molecule is COc1cc(N2CCC(C(C)O)C2)ccn1. The maximum atomic E-state index is 9.55. The maximum Gasteiger partial charge on any atom is 0.214 e. The zero-order valence-electron chi connectivity index (χ0n) is 9.76. The Morgan fingerprint density at radius 1 is 1.62 bits per heavy atom. The van der Waals surface area contributed by atoms with Crippen LogP contribution in [0.1, 0.15) is 13.3 Å². The number of hydrogen-bond donors (Lipinski definition) is 1. The van der Waals surface area contributed by atoms with Crippen LogP contribution < -0.4 is 9.64 Å². The van der Waals surface area contributed by atoms with Gasteiger partial charge in [0.2, 0.25) is 5.88 Å². The van der Waals surface area contributed by atoms with Gasteiger partial charge in [-0.05, 0) is 19.4 Å². The molecule has 16 heavy (non-hydrogen) atoms. The summed E-state index contributed by atoms with van der Waals surface area (Å²) in [5, 5.41) is 9.55. The van der Waals surface area contributed by atoms with Crippen molar-refractivity contribution in [3.8, 4) is 5.88 Å². The molecule has 2 heterocycles. The van der Waals surface area contributed by atoms with Gasteiger partial charge < -0.3 is 14.7 Å². The van der Waals surface area contributed by atoms with Crippen LogP contribution in [-0.2, 0) is 0 Å². The molecule has 1 aromatic rings. The number of ether oxygens (including phenoxy) is 1. The second-order valence-electron chi connectivity index (χ2n) is 4.29. The Morgan fingerprint density at radius 2 is 2.44 bits per heavy atom. The molecule has 1 fully saturated rings. The lowest BCUT2D eigenvalue weighted by Gasteiger charge is -2.19. The number of pyridine rings is 1. The molecule has 2 atom stereocenters. The number of rotatable bonds is 3. The first kappa shape index (κ1) is 11.2. The number of hydrogen-bond acceptors (Lipinski definition) is 4. The number of anilines is 1. The summed E-state index contributed by atoms with van der Waals surface area (Å²) in [6.45, 7) is 3.76. The highest BCUT2D eigenvalue weighted by molar-refractivity contribution is 5.49. The molecule has 1 aromatic heterocycles. The van der Waals surface area contributed by atoms with E-state index in [4.69, 9.17) is 4.74 Å². The average Bonchev–Trinajstić information content (AvgIpc) is 2.78. The Balaban J connectivity index is 2.08. The first-order chi connectivity index (χ1) is 7.70.